The summed E-state index contributed by atoms with van der Waals surface area (Å²) in [5.74, 6) is 1.07. The lowest BCUT2D eigenvalue weighted by Gasteiger charge is -2.07. The summed E-state index contributed by atoms with van der Waals surface area (Å²) in [5, 5.41) is 0. The molecule has 0 fully saturated rings. The van der Waals surface area contributed by atoms with Gasteiger partial charge in [-0.3, -0.25) is 0 Å². The zero-order valence-corrected chi connectivity index (χ0v) is 11.5. The second-order valence-electron chi connectivity index (χ2n) is 3.33. The highest BCUT2D eigenvalue weighted by Crippen LogP contribution is 2.31. The fourth-order valence-corrected chi connectivity index (χ4v) is 2.81. The van der Waals surface area contributed by atoms with Crippen molar-refractivity contribution < 1.29 is 4.74 Å². The van der Waals surface area contributed by atoms with E-state index in [1.165, 1.54) is 4.90 Å². The van der Waals surface area contributed by atoms with E-state index in [-0.39, 0.29) is 0 Å². The van der Waals surface area contributed by atoms with Crippen LogP contribution in [0.4, 0.5) is 5.69 Å². The molecule has 0 aliphatic carbocycles. The van der Waals surface area contributed by atoms with E-state index < -0.39 is 0 Å². The second-order valence-corrected chi connectivity index (χ2v) is 5.33. The lowest BCUT2D eigenvalue weighted by atomic mass is 10.2. The number of ether oxygens (including phenoxy) is 1. The zero-order valence-electron chi connectivity index (χ0n) is 9.05. The molecule has 0 spiro atoms. The monoisotopic (exact) mass is 289 g/mol. The van der Waals surface area contributed by atoms with Crippen LogP contribution in [-0.4, -0.2) is 19.5 Å². The minimum absolute atomic E-state index is 0.818. The molecule has 84 valence electrons. The van der Waals surface area contributed by atoms with E-state index >= 15 is 0 Å². The van der Waals surface area contributed by atoms with Gasteiger partial charge in [-0.1, -0.05) is 0 Å². The van der Waals surface area contributed by atoms with Gasteiger partial charge in [0, 0.05) is 34.5 Å². The summed E-state index contributed by atoms with van der Waals surface area (Å²) in [4.78, 5) is 1.25. The van der Waals surface area contributed by atoms with Gasteiger partial charge in [0.1, 0.15) is 0 Å². The van der Waals surface area contributed by atoms with Crippen LogP contribution >= 0.6 is 27.7 Å². The third kappa shape index (κ3) is 4.05. The summed E-state index contributed by atoms with van der Waals surface area (Å²) >= 11 is 5.35. The molecule has 0 aromatic heterocycles. The van der Waals surface area contributed by atoms with Crippen molar-refractivity contribution in [3.8, 4) is 0 Å². The van der Waals surface area contributed by atoms with Crippen LogP contribution in [0.5, 0.6) is 0 Å². The highest BCUT2D eigenvalue weighted by Gasteiger charge is 2.03. The molecule has 2 N–H and O–H groups in total. The summed E-state index contributed by atoms with van der Waals surface area (Å²) in [5.41, 5.74) is 7.77. The molecule has 0 bridgehead atoms. The van der Waals surface area contributed by atoms with Gasteiger partial charge in [0.25, 0.3) is 0 Å². The molecule has 0 aliphatic rings. The molecule has 0 radical (unpaired) electrons. The van der Waals surface area contributed by atoms with E-state index in [0.29, 0.717) is 0 Å². The number of benzene rings is 1. The maximum Gasteiger partial charge on any atom is 0.0470 e. The molecule has 0 amide bonds. The fraction of sp³-hybridized carbons (Fsp3) is 0.455. The lowest BCUT2D eigenvalue weighted by Crippen LogP contribution is -1.93. The van der Waals surface area contributed by atoms with Crippen molar-refractivity contribution in [2.75, 3.05) is 25.2 Å². The van der Waals surface area contributed by atoms with Gasteiger partial charge in [0.15, 0.2) is 0 Å². The third-order valence-electron chi connectivity index (χ3n) is 2.07. The van der Waals surface area contributed by atoms with Gasteiger partial charge in [-0.15, -0.1) is 11.8 Å². The maximum atomic E-state index is 5.81. The number of rotatable bonds is 5. The van der Waals surface area contributed by atoms with Gasteiger partial charge in [-0.2, -0.15) is 0 Å². The molecule has 0 heterocycles. The molecular weight excluding hydrogens is 274 g/mol. The van der Waals surface area contributed by atoms with Crippen LogP contribution in [0, 0.1) is 6.92 Å². The molecule has 1 rings (SSSR count). The van der Waals surface area contributed by atoms with E-state index in [4.69, 9.17) is 10.5 Å². The number of hydrogen-bond donors (Lipinski definition) is 1. The Morgan fingerprint density at radius 3 is 2.87 bits per heavy atom. The third-order valence-corrected chi connectivity index (χ3v) is 4.13. The van der Waals surface area contributed by atoms with Crippen molar-refractivity contribution in [3.63, 3.8) is 0 Å². The van der Waals surface area contributed by atoms with E-state index in [0.717, 1.165) is 34.5 Å². The molecule has 0 saturated heterocycles. The number of nitrogens with two attached hydrogens (primary N) is 1. The molecule has 15 heavy (non-hydrogen) atoms. The summed E-state index contributed by atoms with van der Waals surface area (Å²) in [7, 11) is 1.73. The summed E-state index contributed by atoms with van der Waals surface area (Å²) in [6.45, 7) is 2.85. The Morgan fingerprint density at radius 1 is 1.47 bits per heavy atom. The standard InChI is InChI=1S/C11H16BrNOS/c1-8-6-11(9(12)7-10(8)13)15-5-3-4-14-2/h6-7H,3-5,13H2,1-2H3. The minimum Gasteiger partial charge on any atom is -0.398 e. The van der Waals surface area contributed by atoms with Crippen LogP contribution in [0.3, 0.4) is 0 Å². The number of hydrogen-bond acceptors (Lipinski definition) is 3. The predicted molar refractivity (Wildman–Crippen MR) is 70.5 cm³/mol. The quantitative estimate of drug-likeness (QED) is 0.512. The lowest BCUT2D eigenvalue weighted by molar-refractivity contribution is 0.200. The van der Waals surface area contributed by atoms with Crippen LogP contribution in [0.25, 0.3) is 0 Å². The van der Waals surface area contributed by atoms with Crippen molar-refractivity contribution in [3.05, 3.63) is 22.2 Å². The van der Waals surface area contributed by atoms with Gasteiger partial charge < -0.3 is 10.5 Å². The Kier molecular flexibility index (Phi) is 5.50. The smallest absolute Gasteiger partial charge is 0.0470 e. The number of nitrogen functional groups attached to an aromatic ring is 1. The molecule has 4 heteroatoms. The number of halogens is 1. The van der Waals surface area contributed by atoms with Crippen molar-refractivity contribution in [2.24, 2.45) is 0 Å². The zero-order chi connectivity index (χ0) is 11.3. The molecule has 0 unspecified atom stereocenters. The van der Waals surface area contributed by atoms with E-state index in [1.54, 1.807) is 7.11 Å². The Balaban J connectivity index is 2.57. The van der Waals surface area contributed by atoms with E-state index in [9.17, 15) is 0 Å². The largest absolute Gasteiger partial charge is 0.398 e. The van der Waals surface area contributed by atoms with Gasteiger partial charge in [0.2, 0.25) is 0 Å². The molecular formula is C11H16BrNOS. The van der Waals surface area contributed by atoms with Crippen LogP contribution in [0.1, 0.15) is 12.0 Å². The maximum absolute atomic E-state index is 5.81. The predicted octanol–water partition coefficient (Wildman–Crippen LogP) is 3.47. The Labute approximate surface area is 104 Å². The normalized spacial score (nSPS) is 10.6. The summed E-state index contributed by atoms with van der Waals surface area (Å²) < 4.78 is 6.08. The Morgan fingerprint density at radius 2 is 2.20 bits per heavy atom. The average molecular weight is 290 g/mol. The molecule has 2 nitrogen and oxygen atoms in total. The van der Waals surface area contributed by atoms with Crippen molar-refractivity contribution in [2.45, 2.75) is 18.2 Å². The Bertz CT molecular complexity index is 331. The summed E-state index contributed by atoms with van der Waals surface area (Å²) in [6.07, 6.45) is 1.07. The highest BCUT2D eigenvalue weighted by molar-refractivity contribution is 9.10. The number of anilines is 1. The first kappa shape index (κ1) is 12.9. The van der Waals surface area contributed by atoms with Crippen LogP contribution in [0.15, 0.2) is 21.5 Å². The average Bonchev–Trinajstić information content (AvgIpc) is 2.20. The van der Waals surface area contributed by atoms with Gasteiger partial charge >= 0.3 is 0 Å². The highest BCUT2D eigenvalue weighted by atomic mass is 79.9. The van der Waals surface area contributed by atoms with Crippen LogP contribution < -0.4 is 5.73 Å². The number of aryl methyl sites for hydroxylation is 1. The summed E-state index contributed by atoms with van der Waals surface area (Å²) in [6, 6.07) is 4.09. The van der Waals surface area contributed by atoms with E-state index in [1.807, 2.05) is 24.8 Å². The van der Waals surface area contributed by atoms with Crippen molar-refractivity contribution >= 4 is 33.4 Å². The molecule has 1 aromatic rings. The Hall–Kier alpha value is -0.190. The first-order valence-electron chi connectivity index (χ1n) is 4.82. The SMILES string of the molecule is COCCCSc1cc(C)c(N)cc1Br. The first-order valence-corrected chi connectivity index (χ1v) is 6.60. The molecule has 0 aliphatic heterocycles. The molecule has 0 atom stereocenters. The minimum atomic E-state index is 0.818. The molecule has 0 saturated carbocycles. The van der Waals surface area contributed by atoms with Gasteiger partial charge in [-0.25, -0.2) is 0 Å². The van der Waals surface area contributed by atoms with Crippen molar-refractivity contribution in [1.82, 2.24) is 0 Å². The topological polar surface area (TPSA) is 35.2 Å². The van der Waals surface area contributed by atoms with E-state index in [2.05, 4.69) is 22.0 Å². The van der Waals surface area contributed by atoms with Crippen LogP contribution in [0.2, 0.25) is 0 Å². The van der Waals surface area contributed by atoms with Gasteiger partial charge in [0.05, 0.1) is 0 Å². The van der Waals surface area contributed by atoms with Crippen molar-refractivity contribution in [1.29, 1.82) is 0 Å². The first-order chi connectivity index (χ1) is 7.15. The number of thioether (sulfide) groups is 1. The van der Waals surface area contributed by atoms with Gasteiger partial charge in [-0.05, 0) is 47.0 Å². The fourth-order valence-electron chi connectivity index (χ4n) is 1.17. The van der Waals surface area contributed by atoms with Crippen LogP contribution in [-0.2, 0) is 4.74 Å². The second kappa shape index (κ2) is 6.40. The molecule has 1 aromatic carbocycles. The number of methoxy groups -OCH3 is 1.